The molecular weight excluding hydrogens is 422 g/mol. The van der Waals surface area contributed by atoms with E-state index in [1.165, 1.54) is 11.8 Å². The second-order valence-corrected chi connectivity index (χ2v) is 8.93. The number of nitrogens with one attached hydrogen (secondary N) is 1. The van der Waals surface area contributed by atoms with Crippen molar-refractivity contribution in [1.82, 2.24) is 25.0 Å². The van der Waals surface area contributed by atoms with Crippen molar-refractivity contribution in [2.45, 2.75) is 32.0 Å². The number of carbonyl (C=O) groups is 3. The fourth-order valence-corrected chi connectivity index (χ4v) is 4.42. The van der Waals surface area contributed by atoms with E-state index in [0.717, 1.165) is 27.8 Å². The number of carbonyl (C=O) groups excluding carboxylic acids is 3. The first-order valence-corrected chi connectivity index (χ1v) is 11.3. The number of nitrogens with zero attached hydrogens (tertiary/aromatic N) is 4. The van der Waals surface area contributed by atoms with Crippen molar-refractivity contribution in [3.63, 3.8) is 0 Å². The van der Waals surface area contributed by atoms with Gasteiger partial charge in [0.05, 0.1) is 10.7 Å². The van der Waals surface area contributed by atoms with Crippen molar-refractivity contribution in [3.05, 3.63) is 46.6 Å². The monoisotopic (exact) mass is 445 g/mol. The van der Waals surface area contributed by atoms with Crippen LogP contribution >= 0.6 is 23.5 Å². The molecule has 3 amide bonds. The number of imide groups is 1. The molecule has 2 aromatic rings. The highest BCUT2D eigenvalue weighted by atomic mass is 32.2. The van der Waals surface area contributed by atoms with Gasteiger partial charge in [-0.05, 0) is 44.2 Å². The van der Waals surface area contributed by atoms with Crippen LogP contribution in [-0.2, 0) is 9.59 Å². The molecule has 0 radical (unpaired) electrons. The number of aryl methyl sites for hydroxylation is 1. The van der Waals surface area contributed by atoms with Gasteiger partial charge in [-0.25, -0.2) is 0 Å². The average Bonchev–Trinajstić information content (AvgIpc) is 3.28. The van der Waals surface area contributed by atoms with Gasteiger partial charge in [0.15, 0.2) is 5.16 Å². The maximum absolute atomic E-state index is 12.5. The van der Waals surface area contributed by atoms with E-state index in [-0.39, 0.29) is 41.9 Å². The zero-order chi connectivity index (χ0) is 21.7. The molecule has 10 heteroatoms. The van der Waals surface area contributed by atoms with Gasteiger partial charge in [0.2, 0.25) is 5.91 Å². The van der Waals surface area contributed by atoms with Gasteiger partial charge < -0.3 is 9.88 Å². The molecule has 0 atom stereocenters. The third-order valence-electron chi connectivity index (χ3n) is 4.34. The number of hydrogen-bond donors (Lipinski definition) is 1. The van der Waals surface area contributed by atoms with E-state index in [4.69, 9.17) is 0 Å². The second-order valence-electron chi connectivity index (χ2n) is 7.00. The molecule has 3 rings (SSSR count). The van der Waals surface area contributed by atoms with Crippen LogP contribution in [0.5, 0.6) is 0 Å². The molecule has 158 valence electrons. The molecular formula is C20H23N5O3S2. The first-order valence-electron chi connectivity index (χ1n) is 9.46. The van der Waals surface area contributed by atoms with Gasteiger partial charge in [0.25, 0.3) is 11.1 Å². The molecule has 1 N–H and O–H groups in total. The Kier molecular flexibility index (Phi) is 7.33. The molecule has 1 fully saturated rings. The van der Waals surface area contributed by atoms with Crippen LogP contribution in [0.4, 0.5) is 4.79 Å². The molecule has 1 saturated heterocycles. The predicted molar refractivity (Wildman–Crippen MR) is 118 cm³/mol. The Bertz CT molecular complexity index is 969. The van der Waals surface area contributed by atoms with Crippen LogP contribution in [0.2, 0.25) is 0 Å². The summed E-state index contributed by atoms with van der Waals surface area (Å²) < 4.78 is 1.89. The molecule has 8 nitrogen and oxygen atoms in total. The first kappa shape index (κ1) is 22.1. The third-order valence-corrected chi connectivity index (χ3v) is 6.20. The van der Waals surface area contributed by atoms with Crippen molar-refractivity contribution in [3.8, 4) is 0 Å². The fraction of sp³-hybridized carbons (Fsp3) is 0.350. The predicted octanol–water partition coefficient (Wildman–Crippen LogP) is 3.11. The molecule has 1 aliphatic heterocycles. The zero-order valence-corrected chi connectivity index (χ0v) is 18.6. The maximum atomic E-state index is 12.5. The molecule has 0 unspecified atom stereocenters. The molecule has 30 heavy (non-hydrogen) atoms. The molecule has 1 aromatic heterocycles. The normalized spacial score (nSPS) is 15.5. The minimum Gasteiger partial charge on any atom is -0.354 e. The number of amides is 3. The summed E-state index contributed by atoms with van der Waals surface area (Å²) in [4.78, 5) is 38.4. The van der Waals surface area contributed by atoms with Gasteiger partial charge in [-0.3, -0.25) is 19.3 Å². The van der Waals surface area contributed by atoms with Gasteiger partial charge in [0.1, 0.15) is 6.33 Å². The van der Waals surface area contributed by atoms with Gasteiger partial charge in [0, 0.05) is 19.1 Å². The van der Waals surface area contributed by atoms with Crippen LogP contribution in [0.15, 0.2) is 40.7 Å². The highest BCUT2D eigenvalue weighted by molar-refractivity contribution is 8.18. The van der Waals surface area contributed by atoms with Crippen molar-refractivity contribution < 1.29 is 14.4 Å². The van der Waals surface area contributed by atoms with E-state index in [1.54, 1.807) is 12.4 Å². The Morgan fingerprint density at radius 2 is 2.00 bits per heavy atom. The summed E-state index contributed by atoms with van der Waals surface area (Å²) in [5.41, 5.74) is 1.99. The summed E-state index contributed by atoms with van der Waals surface area (Å²) in [6.07, 6.45) is 3.35. The summed E-state index contributed by atoms with van der Waals surface area (Å²) >= 11 is 2.21. The summed E-state index contributed by atoms with van der Waals surface area (Å²) in [6.45, 7) is 6.34. The summed E-state index contributed by atoms with van der Waals surface area (Å²) in [6, 6.07) is 7.92. The van der Waals surface area contributed by atoms with Crippen LogP contribution in [0.3, 0.4) is 0 Å². The van der Waals surface area contributed by atoms with Crippen molar-refractivity contribution in [2.24, 2.45) is 0 Å². The minimum atomic E-state index is -0.334. The number of benzene rings is 1. The topological polar surface area (TPSA) is 97.2 Å². The first-order chi connectivity index (χ1) is 14.3. The lowest BCUT2D eigenvalue weighted by Gasteiger charge is -2.13. The molecule has 0 aliphatic carbocycles. The van der Waals surface area contributed by atoms with Crippen molar-refractivity contribution in [1.29, 1.82) is 0 Å². The van der Waals surface area contributed by atoms with Crippen LogP contribution in [0, 0.1) is 6.92 Å². The van der Waals surface area contributed by atoms with E-state index < -0.39 is 0 Å². The summed E-state index contributed by atoms with van der Waals surface area (Å²) in [5, 5.41) is 11.0. The Morgan fingerprint density at radius 3 is 2.70 bits per heavy atom. The molecule has 0 spiro atoms. The SMILES string of the molecule is Cc1ccc(/C=C2\SC(=O)N(CCNC(=O)CSc3nncn3C(C)C)C2=O)cc1. The average molecular weight is 446 g/mol. The summed E-state index contributed by atoms with van der Waals surface area (Å²) in [7, 11) is 0. The molecule has 0 saturated carbocycles. The van der Waals surface area contributed by atoms with E-state index in [9.17, 15) is 14.4 Å². The maximum Gasteiger partial charge on any atom is 0.293 e. The Labute approximate surface area is 183 Å². The Balaban J connectivity index is 1.48. The van der Waals surface area contributed by atoms with Gasteiger partial charge in [-0.1, -0.05) is 41.6 Å². The van der Waals surface area contributed by atoms with Gasteiger partial charge in [-0.15, -0.1) is 10.2 Å². The minimum absolute atomic E-state index is 0.133. The lowest BCUT2D eigenvalue weighted by molar-refractivity contribution is -0.123. The number of thioether (sulfide) groups is 2. The highest BCUT2D eigenvalue weighted by Crippen LogP contribution is 2.31. The van der Waals surface area contributed by atoms with E-state index in [0.29, 0.717) is 10.1 Å². The van der Waals surface area contributed by atoms with E-state index in [2.05, 4.69) is 15.5 Å². The standard InChI is InChI=1S/C20H23N5O3S2/c1-13(2)25-12-22-23-19(25)29-11-17(26)21-8-9-24-18(27)16(30-20(24)28)10-15-6-4-14(3)5-7-15/h4-7,10,12-13H,8-9,11H2,1-3H3,(H,21,26)/b16-10-. The van der Waals surface area contributed by atoms with Crippen LogP contribution in [0.1, 0.15) is 31.0 Å². The zero-order valence-electron chi connectivity index (χ0n) is 17.0. The lowest BCUT2D eigenvalue weighted by Crippen LogP contribution is -2.37. The third kappa shape index (κ3) is 5.51. The summed E-state index contributed by atoms with van der Waals surface area (Å²) in [5.74, 6) is -0.347. The second kappa shape index (κ2) is 9.94. The molecule has 0 bridgehead atoms. The lowest BCUT2D eigenvalue weighted by atomic mass is 10.1. The number of hydrogen-bond acceptors (Lipinski definition) is 7. The van der Waals surface area contributed by atoms with Gasteiger partial charge in [-0.2, -0.15) is 0 Å². The smallest absolute Gasteiger partial charge is 0.293 e. The van der Waals surface area contributed by atoms with E-state index in [1.807, 2.05) is 49.6 Å². The van der Waals surface area contributed by atoms with Crippen LogP contribution in [0.25, 0.3) is 6.08 Å². The molecule has 1 aliphatic rings. The highest BCUT2D eigenvalue weighted by Gasteiger charge is 2.34. The van der Waals surface area contributed by atoms with Gasteiger partial charge >= 0.3 is 0 Å². The van der Waals surface area contributed by atoms with Crippen molar-refractivity contribution in [2.75, 3.05) is 18.8 Å². The Morgan fingerprint density at radius 1 is 1.27 bits per heavy atom. The quantitative estimate of drug-likeness (QED) is 0.492. The van der Waals surface area contributed by atoms with E-state index >= 15 is 0 Å². The number of aromatic nitrogens is 3. The Hall–Kier alpha value is -2.59. The van der Waals surface area contributed by atoms with Crippen molar-refractivity contribution >= 4 is 46.7 Å². The van der Waals surface area contributed by atoms with Crippen LogP contribution in [-0.4, -0.2) is 55.6 Å². The van der Waals surface area contributed by atoms with Crippen LogP contribution < -0.4 is 5.32 Å². The molecule has 1 aromatic carbocycles. The number of rotatable bonds is 8. The fourth-order valence-electron chi connectivity index (χ4n) is 2.68. The largest absolute Gasteiger partial charge is 0.354 e. The molecule has 2 heterocycles.